The summed E-state index contributed by atoms with van der Waals surface area (Å²) >= 11 is 0. The monoisotopic (exact) mass is 477 g/mol. The number of primary amides is 1. The Morgan fingerprint density at radius 2 is 1.89 bits per heavy atom. The maximum absolute atomic E-state index is 12.2. The molecule has 5 N–H and O–H groups in total. The molecule has 0 bridgehead atoms. The van der Waals surface area contributed by atoms with E-state index in [9.17, 15) is 4.79 Å². The summed E-state index contributed by atoms with van der Waals surface area (Å²) in [5, 5.41) is 3.17. The van der Waals surface area contributed by atoms with Gasteiger partial charge in [-0.25, -0.2) is 4.98 Å². The summed E-state index contributed by atoms with van der Waals surface area (Å²) in [6.45, 7) is 5.71. The highest BCUT2D eigenvalue weighted by atomic mass is 16.5. The van der Waals surface area contributed by atoms with Crippen molar-refractivity contribution >= 4 is 28.8 Å². The Balaban J connectivity index is 1.66. The molecule has 2 heterocycles. The van der Waals surface area contributed by atoms with E-state index in [-0.39, 0.29) is 17.4 Å². The first-order valence-electron chi connectivity index (χ1n) is 11.5. The highest BCUT2D eigenvalue weighted by Gasteiger charge is 2.21. The van der Waals surface area contributed by atoms with Gasteiger partial charge < -0.3 is 36.1 Å². The van der Waals surface area contributed by atoms with Crippen LogP contribution in [0.2, 0.25) is 0 Å². The second-order valence-electron chi connectivity index (χ2n) is 8.37. The smallest absolute Gasteiger partial charge is 0.271 e. The molecule has 3 aromatic rings. The summed E-state index contributed by atoms with van der Waals surface area (Å²) in [6.07, 6.45) is 0.499. The number of aromatic nitrogens is 2. The molecule has 1 aromatic heterocycles. The van der Waals surface area contributed by atoms with Gasteiger partial charge in [0.05, 0.1) is 12.8 Å². The zero-order valence-corrected chi connectivity index (χ0v) is 20.2. The number of aryl methyl sites for hydroxylation is 1. The zero-order chi connectivity index (χ0) is 24.9. The van der Waals surface area contributed by atoms with Gasteiger partial charge in [0.2, 0.25) is 5.88 Å². The van der Waals surface area contributed by atoms with Crippen LogP contribution in [0.4, 0.5) is 22.9 Å². The molecule has 0 atom stereocenters. The number of hydrogen-bond donors (Lipinski definition) is 3. The molecule has 2 aromatic carbocycles. The average molecular weight is 478 g/mol. The summed E-state index contributed by atoms with van der Waals surface area (Å²) < 4.78 is 11.6. The number of amides is 1. The van der Waals surface area contributed by atoms with Gasteiger partial charge in [-0.2, -0.15) is 4.98 Å². The van der Waals surface area contributed by atoms with Crippen molar-refractivity contribution in [1.82, 2.24) is 14.9 Å². The quantitative estimate of drug-likeness (QED) is 0.419. The Kier molecular flexibility index (Phi) is 7.21. The maximum atomic E-state index is 12.2. The van der Waals surface area contributed by atoms with Crippen molar-refractivity contribution in [3.63, 3.8) is 0 Å². The standard InChI is InChI=1S/C25H31N7O3/c1-4-19-25(35-18-7-5-6-16(26)14-18)30-24(22(29-19)23(27)33)28-17-8-9-20(21(15-17)34-3)32-12-10-31(2)11-13-32/h5-9,14-15H,4,10-13,26H2,1-3H3,(H2,27,33)(H,28,30). The van der Waals surface area contributed by atoms with Gasteiger partial charge in [0.1, 0.15) is 17.2 Å². The SMILES string of the molecule is CCc1nc(C(N)=O)c(Nc2ccc(N3CCN(C)CC3)c(OC)c2)nc1Oc1cccc(N)c1. The molecule has 1 saturated heterocycles. The number of piperazine rings is 1. The molecule has 0 unspecified atom stereocenters. The second kappa shape index (κ2) is 10.5. The van der Waals surface area contributed by atoms with Crippen LogP contribution in [0.25, 0.3) is 0 Å². The predicted octanol–water partition coefficient (Wildman–Crippen LogP) is 3.02. The number of benzene rings is 2. The topological polar surface area (TPSA) is 132 Å². The summed E-state index contributed by atoms with van der Waals surface area (Å²) in [5.74, 6) is 1.01. The molecule has 1 amide bonds. The van der Waals surface area contributed by atoms with Crippen molar-refractivity contribution in [3.05, 3.63) is 53.9 Å². The van der Waals surface area contributed by atoms with E-state index in [1.165, 1.54) is 0 Å². The van der Waals surface area contributed by atoms with Crippen LogP contribution in [-0.4, -0.2) is 61.1 Å². The first-order chi connectivity index (χ1) is 16.9. The first kappa shape index (κ1) is 24.1. The molecule has 0 spiro atoms. The van der Waals surface area contributed by atoms with E-state index in [2.05, 4.69) is 32.1 Å². The van der Waals surface area contributed by atoms with E-state index in [4.69, 9.17) is 20.9 Å². The third-order valence-corrected chi connectivity index (χ3v) is 5.86. The van der Waals surface area contributed by atoms with Crippen LogP contribution in [0.5, 0.6) is 17.4 Å². The molecule has 0 saturated carbocycles. The summed E-state index contributed by atoms with van der Waals surface area (Å²) in [6, 6.07) is 12.8. The van der Waals surface area contributed by atoms with Gasteiger partial charge in [-0.3, -0.25) is 4.79 Å². The van der Waals surface area contributed by atoms with Crippen LogP contribution < -0.4 is 31.2 Å². The number of carbonyl (C=O) groups is 1. The number of anilines is 4. The van der Waals surface area contributed by atoms with Gasteiger partial charge in [-0.05, 0) is 37.7 Å². The van der Waals surface area contributed by atoms with Crippen LogP contribution in [0.3, 0.4) is 0 Å². The average Bonchev–Trinajstić information content (AvgIpc) is 2.84. The molecule has 1 fully saturated rings. The molecule has 184 valence electrons. The number of nitrogens with zero attached hydrogens (tertiary/aromatic N) is 4. The Labute approximate surface area is 204 Å². The van der Waals surface area contributed by atoms with Crippen LogP contribution in [0.15, 0.2) is 42.5 Å². The maximum Gasteiger partial charge on any atom is 0.271 e. The van der Waals surface area contributed by atoms with Crippen molar-refractivity contribution in [3.8, 4) is 17.4 Å². The summed E-state index contributed by atoms with van der Waals surface area (Å²) in [5.41, 5.74) is 14.3. The van der Waals surface area contributed by atoms with Gasteiger partial charge in [0.25, 0.3) is 5.91 Å². The molecule has 1 aliphatic heterocycles. The zero-order valence-electron chi connectivity index (χ0n) is 20.2. The summed E-state index contributed by atoms with van der Waals surface area (Å²) in [4.78, 5) is 25.8. The molecule has 1 aliphatic rings. The predicted molar refractivity (Wildman–Crippen MR) is 137 cm³/mol. The number of nitrogen functional groups attached to an aromatic ring is 1. The number of carbonyl (C=O) groups excluding carboxylic acids is 1. The van der Waals surface area contributed by atoms with E-state index in [0.29, 0.717) is 29.2 Å². The van der Waals surface area contributed by atoms with Gasteiger partial charge in [0, 0.05) is 49.7 Å². The fourth-order valence-corrected chi connectivity index (χ4v) is 3.92. The van der Waals surface area contributed by atoms with Crippen LogP contribution in [0.1, 0.15) is 23.1 Å². The molecule has 10 heteroatoms. The largest absolute Gasteiger partial charge is 0.495 e. The van der Waals surface area contributed by atoms with Crippen molar-refractivity contribution in [2.24, 2.45) is 5.73 Å². The minimum atomic E-state index is -0.689. The van der Waals surface area contributed by atoms with Crippen molar-refractivity contribution in [2.75, 3.05) is 56.3 Å². The van der Waals surface area contributed by atoms with Crippen LogP contribution in [-0.2, 0) is 6.42 Å². The number of likely N-dealkylation sites (N-methyl/N-ethyl adjacent to an activating group) is 1. The number of rotatable bonds is 8. The third-order valence-electron chi connectivity index (χ3n) is 5.86. The minimum Gasteiger partial charge on any atom is -0.495 e. The number of nitrogens with two attached hydrogens (primary N) is 2. The lowest BCUT2D eigenvalue weighted by molar-refractivity contribution is 0.0996. The Hall–Kier alpha value is -4.05. The Bertz CT molecular complexity index is 1210. The fraction of sp³-hybridized carbons (Fsp3) is 0.320. The lowest BCUT2D eigenvalue weighted by atomic mass is 10.2. The van der Waals surface area contributed by atoms with E-state index in [1.807, 2.05) is 25.1 Å². The molecular formula is C25H31N7O3. The van der Waals surface area contributed by atoms with E-state index >= 15 is 0 Å². The second-order valence-corrected chi connectivity index (χ2v) is 8.37. The Morgan fingerprint density at radius 3 is 2.54 bits per heavy atom. The normalized spacial score (nSPS) is 14.0. The summed E-state index contributed by atoms with van der Waals surface area (Å²) in [7, 11) is 3.76. The highest BCUT2D eigenvalue weighted by molar-refractivity contribution is 5.96. The Morgan fingerprint density at radius 1 is 1.11 bits per heavy atom. The minimum absolute atomic E-state index is 0.0314. The molecule has 10 nitrogen and oxygen atoms in total. The van der Waals surface area contributed by atoms with Gasteiger partial charge in [-0.15, -0.1) is 0 Å². The molecule has 0 radical (unpaired) electrons. The van der Waals surface area contributed by atoms with Gasteiger partial charge >= 0.3 is 0 Å². The highest BCUT2D eigenvalue weighted by Crippen LogP contribution is 2.34. The van der Waals surface area contributed by atoms with E-state index < -0.39 is 5.91 Å². The number of methoxy groups -OCH3 is 1. The van der Waals surface area contributed by atoms with E-state index in [1.54, 1.807) is 31.4 Å². The number of hydrogen-bond acceptors (Lipinski definition) is 9. The van der Waals surface area contributed by atoms with Crippen LogP contribution in [0, 0.1) is 0 Å². The first-order valence-corrected chi connectivity index (χ1v) is 11.5. The number of nitrogens with one attached hydrogen (secondary N) is 1. The van der Waals surface area contributed by atoms with E-state index in [0.717, 1.165) is 37.6 Å². The third kappa shape index (κ3) is 5.55. The molecule has 4 rings (SSSR count). The molecular weight excluding hydrogens is 446 g/mol. The lowest BCUT2D eigenvalue weighted by Gasteiger charge is -2.34. The fourth-order valence-electron chi connectivity index (χ4n) is 3.92. The molecule has 0 aliphatic carbocycles. The van der Waals surface area contributed by atoms with Crippen molar-refractivity contribution in [1.29, 1.82) is 0 Å². The lowest BCUT2D eigenvalue weighted by Crippen LogP contribution is -2.44. The number of ether oxygens (including phenoxy) is 2. The molecule has 35 heavy (non-hydrogen) atoms. The van der Waals surface area contributed by atoms with Gasteiger partial charge in [0.15, 0.2) is 11.5 Å². The van der Waals surface area contributed by atoms with Crippen molar-refractivity contribution in [2.45, 2.75) is 13.3 Å². The van der Waals surface area contributed by atoms with Gasteiger partial charge in [-0.1, -0.05) is 13.0 Å². The van der Waals surface area contributed by atoms with Crippen molar-refractivity contribution < 1.29 is 14.3 Å². The van der Waals surface area contributed by atoms with Crippen LogP contribution >= 0.6 is 0 Å².